The topological polar surface area (TPSA) is 70.5 Å². The maximum atomic E-state index is 13.3. The molecule has 1 aromatic heterocycles. The van der Waals surface area contributed by atoms with Crippen LogP contribution in [0.15, 0.2) is 66.9 Å². The van der Waals surface area contributed by atoms with E-state index in [0.29, 0.717) is 26.9 Å². The van der Waals surface area contributed by atoms with Gasteiger partial charge in [-0.15, -0.1) is 0 Å². The molecule has 7 heteroatoms. The first-order valence-electron chi connectivity index (χ1n) is 8.92. The number of carbonyl (C=O) groups excluding carboxylic acids is 2. The Hall–Kier alpha value is -2.73. The predicted octanol–water partition coefficient (Wildman–Crippen LogP) is 4.40. The van der Waals surface area contributed by atoms with Gasteiger partial charge in [-0.2, -0.15) is 0 Å². The Labute approximate surface area is 177 Å². The maximum absolute atomic E-state index is 13.3. The van der Waals surface area contributed by atoms with E-state index >= 15 is 0 Å². The van der Waals surface area contributed by atoms with E-state index < -0.39 is 23.7 Å². The van der Waals surface area contributed by atoms with Crippen molar-refractivity contribution in [3.63, 3.8) is 0 Å². The van der Waals surface area contributed by atoms with Crippen LogP contribution >= 0.6 is 23.2 Å². The molecule has 3 aromatic rings. The van der Waals surface area contributed by atoms with Gasteiger partial charge in [0.1, 0.15) is 5.69 Å². The average molecular weight is 427 g/mol. The minimum atomic E-state index is -1.97. The van der Waals surface area contributed by atoms with Crippen LogP contribution in [0.4, 0.5) is 5.69 Å². The van der Waals surface area contributed by atoms with Gasteiger partial charge in [-0.25, -0.2) is 0 Å². The Morgan fingerprint density at radius 2 is 1.83 bits per heavy atom. The molecule has 0 spiro atoms. The normalized spacial score (nSPS) is 18.0. The van der Waals surface area contributed by atoms with Crippen molar-refractivity contribution < 1.29 is 14.7 Å². The lowest BCUT2D eigenvalue weighted by Gasteiger charge is -2.23. The number of nitrogens with zero attached hydrogens (tertiary/aromatic N) is 2. The Morgan fingerprint density at radius 3 is 2.55 bits per heavy atom. The highest BCUT2D eigenvalue weighted by atomic mass is 35.5. The summed E-state index contributed by atoms with van der Waals surface area (Å²) in [5.74, 6) is -0.989. The van der Waals surface area contributed by atoms with E-state index in [2.05, 4.69) is 4.98 Å². The van der Waals surface area contributed by atoms with E-state index in [9.17, 15) is 14.7 Å². The van der Waals surface area contributed by atoms with E-state index in [-0.39, 0.29) is 12.2 Å². The summed E-state index contributed by atoms with van der Waals surface area (Å²) in [5, 5.41) is 12.2. The molecule has 4 rings (SSSR count). The summed E-state index contributed by atoms with van der Waals surface area (Å²) in [7, 11) is 0. The molecule has 0 fully saturated rings. The number of Topliss-reactive ketones (excluding diaryl/α,β-unsaturated/α-hetero) is 1. The van der Waals surface area contributed by atoms with Crippen LogP contribution in [0.5, 0.6) is 0 Å². The Kier molecular flexibility index (Phi) is 5.13. The molecule has 5 nitrogen and oxygen atoms in total. The number of benzene rings is 2. The molecule has 146 valence electrons. The van der Waals surface area contributed by atoms with Gasteiger partial charge in [0, 0.05) is 21.8 Å². The predicted molar refractivity (Wildman–Crippen MR) is 111 cm³/mol. The highest BCUT2D eigenvalue weighted by molar-refractivity contribution is 6.35. The Morgan fingerprint density at radius 1 is 1.07 bits per heavy atom. The Balaban J connectivity index is 1.69. The minimum absolute atomic E-state index is 0.145. The van der Waals surface area contributed by atoms with Crippen LogP contribution < -0.4 is 4.90 Å². The lowest BCUT2D eigenvalue weighted by atomic mass is 9.89. The zero-order valence-electron chi connectivity index (χ0n) is 15.2. The second-order valence-corrected chi connectivity index (χ2v) is 7.66. The number of fused-ring (bicyclic) bond motifs is 1. The van der Waals surface area contributed by atoms with Crippen molar-refractivity contribution in [3.05, 3.63) is 93.7 Å². The van der Waals surface area contributed by atoms with Crippen LogP contribution in [0.2, 0.25) is 10.0 Å². The molecule has 2 aromatic carbocycles. The van der Waals surface area contributed by atoms with Gasteiger partial charge in [-0.05, 0) is 35.9 Å². The third-order valence-electron chi connectivity index (χ3n) is 4.95. The summed E-state index contributed by atoms with van der Waals surface area (Å²) < 4.78 is 0. The fraction of sp³-hybridized carbons (Fsp3) is 0.136. The summed E-state index contributed by atoms with van der Waals surface area (Å²) in [6.45, 7) is 0.145. The number of rotatable bonds is 5. The molecule has 1 amide bonds. The maximum Gasteiger partial charge on any atom is 0.264 e. The SMILES string of the molecule is O=C(CC1(O)C(=O)N(Cc2ccc(Cl)cc2Cl)c2ccccc21)c1ccccn1. The molecular weight excluding hydrogens is 411 g/mol. The van der Waals surface area contributed by atoms with Crippen LogP contribution in [0, 0.1) is 0 Å². The summed E-state index contributed by atoms with van der Waals surface area (Å²) >= 11 is 12.2. The smallest absolute Gasteiger partial charge is 0.264 e. The number of amides is 1. The number of halogens is 2. The summed E-state index contributed by atoms with van der Waals surface area (Å²) in [4.78, 5) is 31.4. The number of aliphatic hydroxyl groups is 1. The van der Waals surface area contributed by atoms with Gasteiger partial charge in [-0.1, -0.05) is 53.5 Å². The third kappa shape index (κ3) is 3.53. The van der Waals surface area contributed by atoms with Crippen molar-refractivity contribution in [1.29, 1.82) is 0 Å². The zero-order valence-corrected chi connectivity index (χ0v) is 16.7. The second-order valence-electron chi connectivity index (χ2n) is 6.82. The highest BCUT2D eigenvalue weighted by Gasteiger charge is 2.51. The number of hydrogen-bond donors (Lipinski definition) is 1. The molecular formula is C22H16Cl2N2O3. The molecule has 1 aliphatic heterocycles. The number of anilines is 1. The molecule has 1 N–H and O–H groups in total. The second kappa shape index (κ2) is 7.59. The third-order valence-corrected chi connectivity index (χ3v) is 5.54. The van der Waals surface area contributed by atoms with E-state index in [4.69, 9.17) is 23.2 Å². The Bertz CT molecular complexity index is 1100. The first-order chi connectivity index (χ1) is 13.9. The number of ketones is 1. The van der Waals surface area contributed by atoms with Crippen LogP contribution in [-0.4, -0.2) is 21.8 Å². The van der Waals surface area contributed by atoms with Crippen molar-refractivity contribution in [3.8, 4) is 0 Å². The highest BCUT2D eigenvalue weighted by Crippen LogP contribution is 2.43. The number of para-hydroxylation sites is 1. The van der Waals surface area contributed by atoms with Crippen molar-refractivity contribution >= 4 is 40.6 Å². The molecule has 0 bridgehead atoms. The van der Waals surface area contributed by atoms with Crippen molar-refractivity contribution in [1.82, 2.24) is 4.98 Å². The summed E-state index contributed by atoms with van der Waals surface area (Å²) in [6, 6.07) is 16.8. The standard InChI is InChI=1S/C22H16Cl2N2O3/c23-15-9-8-14(17(24)11-15)13-26-19-7-2-1-5-16(19)22(29,21(26)28)12-20(27)18-6-3-4-10-25-18/h1-11,29H,12-13H2. The monoisotopic (exact) mass is 426 g/mol. The van der Waals surface area contributed by atoms with Gasteiger partial charge < -0.3 is 10.0 Å². The first kappa shape index (κ1) is 19.6. The van der Waals surface area contributed by atoms with Crippen molar-refractivity contribution in [2.45, 2.75) is 18.6 Å². The van der Waals surface area contributed by atoms with Crippen molar-refractivity contribution in [2.24, 2.45) is 0 Å². The molecule has 0 radical (unpaired) electrons. The minimum Gasteiger partial charge on any atom is -0.375 e. The first-order valence-corrected chi connectivity index (χ1v) is 9.68. The molecule has 2 heterocycles. The molecule has 0 aliphatic carbocycles. The largest absolute Gasteiger partial charge is 0.375 e. The lowest BCUT2D eigenvalue weighted by molar-refractivity contribution is -0.136. The van der Waals surface area contributed by atoms with Crippen LogP contribution in [0.3, 0.4) is 0 Å². The van der Waals surface area contributed by atoms with Crippen LogP contribution in [0.25, 0.3) is 0 Å². The molecule has 0 saturated heterocycles. The molecule has 0 saturated carbocycles. The van der Waals surface area contributed by atoms with Gasteiger partial charge in [0.25, 0.3) is 5.91 Å². The van der Waals surface area contributed by atoms with E-state index in [1.54, 1.807) is 60.7 Å². The quantitative estimate of drug-likeness (QED) is 0.613. The zero-order chi connectivity index (χ0) is 20.6. The summed E-state index contributed by atoms with van der Waals surface area (Å²) in [6.07, 6.45) is 1.10. The number of aromatic nitrogens is 1. The molecule has 1 atom stereocenters. The number of hydrogen-bond acceptors (Lipinski definition) is 4. The van der Waals surface area contributed by atoms with E-state index in [1.807, 2.05) is 0 Å². The molecule has 1 unspecified atom stereocenters. The fourth-order valence-corrected chi connectivity index (χ4v) is 3.97. The van der Waals surface area contributed by atoms with E-state index in [0.717, 1.165) is 0 Å². The average Bonchev–Trinajstić information content (AvgIpc) is 2.92. The van der Waals surface area contributed by atoms with Crippen LogP contribution in [-0.2, 0) is 16.9 Å². The van der Waals surface area contributed by atoms with Gasteiger partial charge in [0.2, 0.25) is 0 Å². The van der Waals surface area contributed by atoms with Crippen molar-refractivity contribution in [2.75, 3.05) is 4.90 Å². The van der Waals surface area contributed by atoms with Gasteiger partial charge in [0.15, 0.2) is 11.4 Å². The van der Waals surface area contributed by atoms with E-state index in [1.165, 1.54) is 11.1 Å². The van der Waals surface area contributed by atoms with Gasteiger partial charge in [0.05, 0.1) is 18.7 Å². The van der Waals surface area contributed by atoms with Gasteiger partial charge >= 0.3 is 0 Å². The number of pyridine rings is 1. The van der Waals surface area contributed by atoms with Crippen LogP contribution in [0.1, 0.15) is 28.0 Å². The summed E-state index contributed by atoms with van der Waals surface area (Å²) in [5.41, 5.74) is -0.159. The molecule has 29 heavy (non-hydrogen) atoms. The lowest BCUT2D eigenvalue weighted by Crippen LogP contribution is -2.41. The van der Waals surface area contributed by atoms with Gasteiger partial charge in [-0.3, -0.25) is 14.6 Å². The molecule has 1 aliphatic rings. The fourth-order valence-electron chi connectivity index (χ4n) is 3.51. The number of carbonyl (C=O) groups is 2.